The lowest BCUT2D eigenvalue weighted by molar-refractivity contribution is -0.117. The van der Waals surface area contributed by atoms with E-state index in [2.05, 4.69) is 5.43 Å². The molecule has 0 bridgehead atoms. The zero-order chi connectivity index (χ0) is 22.2. The number of carbonyl (C=O) groups is 2. The van der Waals surface area contributed by atoms with Gasteiger partial charge in [0.15, 0.2) is 9.84 Å². The van der Waals surface area contributed by atoms with E-state index < -0.39 is 21.7 Å². The molecule has 1 fully saturated rings. The molecule has 1 N–H and O–H groups in total. The lowest BCUT2D eigenvalue weighted by Crippen LogP contribution is -2.35. The predicted octanol–water partition coefficient (Wildman–Crippen LogP) is 3.37. The summed E-state index contributed by atoms with van der Waals surface area (Å²) in [6.07, 6.45) is 3.42. The third-order valence-corrected chi connectivity index (χ3v) is 6.10. The Kier molecular flexibility index (Phi) is 5.24. The van der Waals surface area contributed by atoms with Gasteiger partial charge in [0.05, 0.1) is 10.6 Å². The highest BCUT2D eigenvalue weighted by Crippen LogP contribution is 2.27. The molecule has 1 aliphatic rings. The van der Waals surface area contributed by atoms with Crippen LogP contribution < -0.4 is 10.4 Å². The highest BCUT2D eigenvalue weighted by atomic mass is 32.2. The summed E-state index contributed by atoms with van der Waals surface area (Å²) in [5, 5.41) is 1.21. The summed E-state index contributed by atoms with van der Waals surface area (Å²) in [5.41, 5.74) is 4.91. The Labute approximate surface area is 179 Å². The number of nitrogens with zero attached hydrogens (tertiary/aromatic N) is 1. The molecule has 31 heavy (non-hydrogen) atoms. The minimum atomic E-state index is -3.28. The summed E-state index contributed by atoms with van der Waals surface area (Å²) in [7, 11) is -3.28. The highest BCUT2D eigenvalue weighted by molar-refractivity contribution is 7.90. The lowest BCUT2D eigenvalue weighted by Gasteiger charge is -2.14. The minimum Gasteiger partial charge on any atom is -0.457 e. The number of rotatable bonds is 5. The fourth-order valence-electron chi connectivity index (χ4n) is 3.21. The summed E-state index contributed by atoms with van der Waals surface area (Å²) in [6.45, 7) is 2.04. The van der Waals surface area contributed by atoms with Crippen molar-refractivity contribution >= 4 is 33.4 Å². The Morgan fingerprint density at radius 2 is 1.65 bits per heavy atom. The van der Waals surface area contributed by atoms with Crippen molar-refractivity contribution in [3.63, 3.8) is 0 Å². The van der Waals surface area contributed by atoms with Crippen LogP contribution >= 0.6 is 0 Å². The average molecular weight is 436 g/mol. The first kappa shape index (κ1) is 20.6. The van der Waals surface area contributed by atoms with Gasteiger partial charge in [0.2, 0.25) is 0 Å². The first-order valence-electron chi connectivity index (χ1n) is 9.62. The molecule has 2 amide bonds. The molecule has 0 spiro atoms. The molecule has 0 unspecified atom stereocenters. The van der Waals surface area contributed by atoms with E-state index >= 15 is 0 Å². The Morgan fingerprint density at radius 1 is 0.968 bits per heavy atom. The molecular weight excluding hydrogens is 416 g/mol. The molecule has 8 heteroatoms. The molecule has 3 aromatic rings. The molecule has 0 saturated carbocycles. The molecule has 4 rings (SSSR count). The van der Waals surface area contributed by atoms with Crippen molar-refractivity contribution in [1.82, 2.24) is 5.43 Å². The molecule has 1 aromatic heterocycles. The van der Waals surface area contributed by atoms with Crippen LogP contribution in [0.3, 0.4) is 0 Å². The number of nitrogens with one attached hydrogen (secondary N) is 1. The number of anilines is 1. The quantitative estimate of drug-likeness (QED) is 0.489. The van der Waals surface area contributed by atoms with Crippen molar-refractivity contribution in [2.45, 2.75) is 18.2 Å². The maximum absolute atomic E-state index is 12.8. The van der Waals surface area contributed by atoms with Gasteiger partial charge in [-0.25, -0.2) is 13.4 Å². The van der Waals surface area contributed by atoms with Gasteiger partial charge in [0.25, 0.3) is 11.8 Å². The number of hydrogen-bond acceptors (Lipinski definition) is 5. The summed E-state index contributed by atoms with van der Waals surface area (Å²) >= 11 is 0. The number of aryl methyl sites for hydroxylation is 1. The second kappa shape index (κ2) is 7.88. The number of hydrazine groups is 1. The zero-order valence-electron chi connectivity index (χ0n) is 17.0. The lowest BCUT2D eigenvalue weighted by atomic mass is 10.1. The van der Waals surface area contributed by atoms with Gasteiger partial charge in [-0.3, -0.25) is 15.0 Å². The van der Waals surface area contributed by atoms with Crippen molar-refractivity contribution in [1.29, 1.82) is 0 Å². The first-order valence-corrected chi connectivity index (χ1v) is 11.5. The van der Waals surface area contributed by atoms with E-state index in [1.54, 1.807) is 36.4 Å². The van der Waals surface area contributed by atoms with E-state index in [0.29, 0.717) is 22.8 Å². The summed E-state index contributed by atoms with van der Waals surface area (Å²) < 4.78 is 28.9. The zero-order valence-corrected chi connectivity index (χ0v) is 17.8. The molecule has 1 aliphatic heterocycles. The monoisotopic (exact) mass is 436 g/mol. The van der Waals surface area contributed by atoms with Crippen LogP contribution in [-0.2, 0) is 25.8 Å². The van der Waals surface area contributed by atoms with Gasteiger partial charge >= 0.3 is 0 Å². The van der Waals surface area contributed by atoms with Crippen LogP contribution in [0.25, 0.3) is 17.4 Å². The number of benzene rings is 2. The summed E-state index contributed by atoms with van der Waals surface area (Å²) in [6, 6.07) is 17.0. The fourth-order valence-corrected chi connectivity index (χ4v) is 3.84. The van der Waals surface area contributed by atoms with Crippen molar-refractivity contribution < 1.29 is 22.4 Å². The number of furan rings is 1. The van der Waals surface area contributed by atoms with Gasteiger partial charge in [0.1, 0.15) is 17.1 Å². The second-order valence-corrected chi connectivity index (χ2v) is 9.17. The van der Waals surface area contributed by atoms with Gasteiger partial charge in [-0.2, -0.15) is 0 Å². The van der Waals surface area contributed by atoms with Gasteiger partial charge in [0, 0.05) is 11.8 Å². The number of amides is 2. The molecule has 2 heterocycles. The Hall–Kier alpha value is -3.65. The molecule has 1 saturated heterocycles. The van der Waals surface area contributed by atoms with E-state index in [4.69, 9.17) is 4.42 Å². The normalized spacial score (nSPS) is 15.5. The van der Waals surface area contributed by atoms with Gasteiger partial charge in [-0.05, 0) is 66.6 Å². The predicted molar refractivity (Wildman–Crippen MR) is 117 cm³/mol. The van der Waals surface area contributed by atoms with E-state index in [1.807, 2.05) is 19.1 Å². The van der Waals surface area contributed by atoms with Crippen molar-refractivity contribution in [3.05, 3.63) is 77.6 Å². The van der Waals surface area contributed by atoms with Crippen LogP contribution in [0.4, 0.5) is 5.69 Å². The molecule has 0 radical (unpaired) electrons. The Morgan fingerprint density at radius 3 is 2.26 bits per heavy atom. The van der Waals surface area contributed by atoms with Crippen molar-refractivity contribution in [3.8, 4) is 11.3 Å². The molecule has 158 valence electrons. The highest BCUT2D eigenvalue weighted by Gasteiger charge is 2.34. The smallest absolute Gasteiger partial charge is 0.282 e. The van der Waals surface area contributed by atoms with Crippen molar-refractivity contribution in [2.24, 2.45) is 0 Å². The number of sulfone groups is 1. The topological polar surface area (TPSA) is 96.7 Å². The summed E-state index contributed by atoms with van der Waals surface area (Å²) in [5.74, 6) is -0.154. The van der Waals surface area contributed by atoms with Crippen molar-refractivity contribution in [2.75, 3.05) is 11.3 Å². The molecule has 2 aromatic carbocycles. The maximum atomic E-state index is 12.8. The van der Waals surface area contributed by atoms with Crippen LogP contribution in [0.15, 0.2) is 75.5 Å². The molecular formula is C23H20N2O5S. The Bertz CT molecular complexity index is 1290. The third-order valence-electron chi connectivity index (χ3n) is 4.97. The maximum Gasteiger partial charge on any atom is 0.282 e. The number of hydrogen-bond donors (Lipinski definition) is 1. The Balaban J connectivity index is 1.57. The largest absolute Gasteiger partial charge is 0.457 e. The second-order valence-electron chi connectivity index (χ2n) is 7.16. The van der Waals surface area contributed by atoms with Gasteiger partial charge < -0.3 is 4.42 Å². The molecule has 0 atom stereocenters. The summed E-state index contributed by atoms with van der Waals surface area (Å²) in [4.78, 5) is 25.3. The molecule has 0 aliphatic carbocycles. The van der Waals surface area contributed by atoms with Crippen LogP contribution in [-0.4, -0.2) is 26.5 Å². The van der Waals surface area contributed by atoms with Crippen LogP contribution in [0.2, 0.25) is 0 Å². The van der Waals surface area contributed by atoms with E-state index in [0.717, 1.165) is 18.2 Å². The van der Waals surface area contributed by atoms with Crippen LogP contribution in [0.5, 0.6) is 0 Å². The van der Waals surface area contributed by atoms with E-state index in [1.165, 1.54) is 23.2 Å². The third kappa shape index (κ3) is 4.15. The average Bonchev–Trinajstić information content (AvgIpc) is 3.34. The molecule has 7 nitrogen and oxygen atoms in total. The van der Waals surface area contributed by atoms with Crippen LogP contribution in [0, 0.1) is 0 Å². The van der Waals surface area contributed by atoms with Crippen LogP contribution in [0.1, 0.15) is 18.2 Å². The van der Waals surface area contributed by atoms with Gasteiger partial charge in [-0.1, -0.05) is 19.1 Å². The first-order chi connectivity index (χ1) is 14.8. The van der Waals surface area contributed by atoms with Gasteiger partial charge in [-0.15, -0.1) is 0 Å². The minimum absolute atomic E-state index is 0.0344. The fraction of sp³-hybridized carbons (Fsp3) is 0.130. The van der Waals surface area contributed by atoms with E-state index in [-0.39, 0.29) is 10.5 Å². The SMILES string of the molecule is CCc1ccc(N2NC(=O)C(=Cc3ccc(-c4ccc(S(C)(=O)=O)cc4)o3)C2=O)cc1. The number of carbonyl (C=O) groups excluding carboxylic acids is 2. The van der Waals surface area contributed by atoms with E-state index in [9.17, 15) is 18.0 Å². The standard InChI is InChI=1S/C23H20N2O5S/c1-3-15-4-8-17(9-5-15)25-23(27)20(22(26)24-25)14-18-10-13-21(30-18)16-6-11-19(12-7-16)31(2,28)29/h4-14H,3H2,1-2H3,(H,24,26).